The van der Waals surface area contributed by atoms with Gasteiger partial charge in [0.1, 0.15) is 17.5 Å². The average molecular weight is 375 g/mol. The van der Waals surface area contributed by atoms with Gasteiger partial charge >= 0.3 is 0 Å². The minimum absolute atomic E-state index is 0.185. The second-order valence-corrected chi connectivity index (χ2v) is 6.55. The van der Waals surface area contributed by atoms with Crippen molar-refractivity contribution in [3.05, 3.63) is 47.2 Å². The number of aryl methyl sites for hydroxylation is 1. The molecule has 1 aromatic heterocycles. The van der Waals surface area contributed by atoms with Gasteiger partial charge in [0.2, 0.25) is 5.95 Å². The standard InChI is InChI=1S/C19H23F2N5O/c1-13-11-17(26-9-3-2-4-10-26)25-19(24-13)23-8-7-22-18(27)15-6-5-14(20)12-16(15)21/h5-6,11-12H,2-4,7-10H2,1H3,(H,22,27)(H,23,24,25). The van der Waals surface area contributed by atoms with Gasteiger partial charge in [-0.25, -0.2) is 13.8 Å². The van der Waals surface area contributed by atoms with Crippen molar-refractivity contribution in [3.8, 4) is 0 Å². The molecule has 2 N–H and O–H groups in total. The van der Waals surface area contributed by atoms with Crippen LogP contribution in [0.1, 0.15) is 35.3 Å². The van der Waals surface area contributed by atoms with E-state index in [0.717, 1.165) is 49.6 Å². The van der Waals surface area contributed by atoms with Crippen LogP contribution in [-0.4, -0.2) is 42.1 Å². The second kappa shape index (κ2) is 8.75. The van der Waals surface area contributed by atoms with E-state index in [9.17, 15) is 13.6 Å². The lowest BCUT2D eigenvalue weighted by Crippen LogP contribution is -2.31. The van der Waals surface area contributed by atoms with Gasteiger partial charge in [0.15, 0.2) is 0 Å². The maximum atomic E-state index is 13.6. The summed E-state index contributed by atoms with van der Waals surface area (Å²) >= 11 is 0. The summed E-state index contributed by atoms with van der Waals surface area (Å²) in [5.74, 6) is -0.783. The highest BCUT2D eigenvalue weighted by Crippen LogP contribution is 2.19. The number of halogens is 2. The van der Waals surface area contributed by atoms with Gasteiger partial charge in [-0.05, 0) is 38.3 Å². The van der Waals surface area contributed by atoms with Crippen LogP contribution in [0.2, 0.25) is 0 Å². The molecule has 0 aliphatic carbocycles. The summed E-state index contributed by atoms with van der Waals surface area (Å²) in [4.78, 5) is 23.1. The minimum Gasteiger partial charge on any atom is -0.356 e. The van der Waals surface area contributed by atoms with Crippen molar-refractivity contribution >= 4 is 17.7 Å². The van der Waals surface area contributed by atoms with Crippen LogP contribution in [0.25, 0.3) is 0 Å². The Hall–Kier alpha value is -2.77. The number of anilines is 2. The quantitative estimate of drug-likeness (QED) is 0.760. The zero-order valence-electron chi connectivity index (χ0n) is 15.3. The van der Waals surface area contributed by atoms with Gasteiger partial charge in [-0.15, -0.1) is 0 Å². The fourth-order valence-corrected chi connectivity index (χ4v) is 3.04. The van der Waals surface area contributed by atoms with E-state index in [1.54, 1.807) is 0 Å². The van der Waals surface area contributed by atoms with E-state index in [0.29, 0.717) is 18.6 Å². The molecule has 0 saturated carbocycles. The fraction of sp³-hybridized carbons (Fsp3) is 0.421. The second-order valence-electron chi connectivity index (χ2n) is 6.55. The molecule has 0 radical (unpaired) electrons. The summed E-state index contributed by atoms with van der Waals surface area (Å²) in [6.07, 6.45) is 3.58. The number of piperidine rings is 1. The number of carbonyl (C=O) groups is 1. The van der Waals surface area contributed by atoms with Crippen LogP contribution in [0.3, 0.4) is 0 Å². The lowest BCUT2D eigenvalue weighted by molar-refractivity contribution is 0.0951. The first kappa shape index (κ1) is 19.0. The highest BCUT2D eigenvalue weighted by molar-refractivity contribution is 5.94. The summed E-state index contributed by atoms with van der Waals surface area (Å²) in [5, 5.41) is 5.67. The van der Waals surface area contributed by atoms with Crippen molar-refractivity contribution in [2.24, 2.45) is 0 Å². The Morgan fingerprint density at radius 3 is 2.63 bits per heavy atom. The lowest BCUT2D eigenvalue weighted by atomic mass is 10.1. The molecule has 1 saturated heterocycles. The largest absolute Gasteiger partial charge is 0.356 e. The molecule has 3 rings (SSSR count). The summed E-state index contributed by atoms with van der Waals surface area (Å²) in [7, 11) is 0. The number of nitrogens with one attached hydrogen (secondary N) is 2. The number of hydrogen-bond donors (Lipinski definition) is 2. The number of rotatable bonds is 6. The van der Waals surface area contributed by atoms with E-state index in [1.807, 2.05) is 13.0 Å². The average Bonchev–Trinajstić information content (AvgIpc) is 2.65. The monoisotopic (exact) mass is 375 g/mol. The Kier molecular flexibility index (Phi) is 6.16. The van der Waals surface area contributed by atoms with Crippen molar-refractivity contribution in [1.82, 2.24) is 15.3 Å². The Morgan fingerprint density at radius 2 is 1.89 bits per heavy atom. The SMILES string of the molecule is Cc1cc(N2CCCCC2)nc(NCCNC(=O)c2ccc(F)cc2F)n1. The number of hydrogen-bond acceptors (Lipinski definition) is 5. The molecule has 0 spiro atoms. The first-order valence-corrected chi connectivity index (χ1v) is 9.11. The van der Waals surface area contributed by atoms with Gasteiger partial charge in [0.25, 0.3) is 5.91 Å². The van der Waals surface area contributed by atoms with Gasteiger partial charge in [0, 0.05) is 44.0 Å². The Morgan fingerprint density at radius 1 is 1.11 bits per heavy atom. The molecule has 1 amide bonds. The van der Waals surface area contributed by atoms with Crippen LogP contribution in [0.5, 0.6) is 0 Å². The predicted molar refractivity (Wildman–Crippen MR) is 100 cm³/mol. The lowest BCUT2D eigenvalue weighted by Gasteiger charge is -2.28. The molecule has 27 heavy (non-hydrogen) atoms. The Bertz CT molecular complexity index is 809. The van der Waals surface area contributed by atoms with Crippen LogP contribution < -0.4 is 15.5 Å². The summed E-state index contributed by atoms with van der Waals surface area (Å²) < 4.78 is 26.5. The molecule has 6 nitrogen and oxygen atoms in total. The molecule has 1 aromatic carbocycles. The zero-order chi connectivity index (χ0) is 19.2. The van der Waals surface area contributed by atoms with Gasteiger partial charge in [-0.1, -0.05) is 0 Å². The molecule has 1 aliphatic rings. The maximum Gasteiger partial charge on any atom is 0.254 e. The number of benzene rings is 1. The van der Waals surface area contributed by atoms with Gasteiger partial charge in [-0.2, -0.15) is 4.98 Å². The zero-order valence-corrected chi connectivity index (χ0v) is 15.3. The third-order valence-electron chi connectivity index (χ3n) is 4.39. The Labute approximate surface area is 157 Å². The van der Waals surface area contributed by atoms with Gasteiger partial charge < -0.3 is 15.5 Å². The summed E-state index contributed by atoms with van der Waals surface area (Å²) in [6, 6.07) is 4.84. The topological polar surface area (TPSA) is 70.2 Å². The number of amides is 1. The van der Waals surface area contributed by atoms with E-state index in [4.69, 9.17) is 0 Å². The molecule has 8 heteroatoms. The predicted octanol–water partition coefficient (Wildman–Crippen LogP) is 2.90. The molecule has 1 fully saturated rings. The molecule has 0 bridgehead atoms. The third-order valence-corrected chi connectivity index (χ3v) is 4.39. The smallest absolute Gasteiger partial charge is 0.254 e. The third kappa shape index (κ3) is 5.12. The first-order valence-electron chi connectivity index (χ1n) is 9.11. The van der Waals surface area contributed by atoms with E-state index in [1.165, 1.54) is 6.42 Å². The van der Waals surface area contributed by atoms with Crippen molar-refractivity contribution in [2.75, 3.05) is 36.4 Å². The normalized spacial score (nSPS) is 14.1. The highest BCUT2D eigenvalue weighted by atomic mass is 19.1. The van der Waals surface area contributed by atoms with Crippen molar-refractivity contribution < 1.29 is 13.6 Å². The minimum atomic E-state index is -0.881. The van der Waals surface area contributed by atoms with Crippen molar-refractivity contribution in [3.63, 3.8) is 0 Å². The van der Waals surface area contributed by atoms with E-state index >= 15 is 0 Å². The van der Waals surface area contributed by atoms with Crippen LogP contribution >= 0.6 is 0 Å². The fourth-order valence-electron chi connectivity index (χ4n) is 3.04. The van der Waals surface area contributed by atoms with E-state index in [-0.39, 0.29) is 12.1 Å². The first-order chi connectivity index (χ1) is 13.0. The van der Waals surface area contributed by atoms with Crippen LogP contribution in [0.15, 0.2) is 24.3 Å². The number of aromatic nitrogens is 2. The van der Waals surface area contributed by atoms with Crippen LogP contribution in [-0.2, 0) is 0 Å². The molecule has 2 aromatic rings. The molecular weight excluding hydrogens is 352 g/mol. The van der Waals surface area contributed by atoms with E-state index in [2.05, 4.69) is 25.5 Å². The summed E-state index contributed by atoms with van der Waals surface area (Å²) in [5.41, 5.74) is 0.682. The highest BCUT2D eigenvalue weighted by Gasteiger charge is 2.14. The van der Waals surface area contributed by atoms with Crippen LogP contribution in [0.4, 0.5) is 20.5 Å². The molecule has 0 atom stereocenters. The number of nitrogens with zero attached hydrogens (tertiary/aromatic N) is 3. The molecule has 144 valence electrons. The number of carbonyl (C=O) groups excluding carboxylic acids is 1. The molecule has 0 unspecified atom stereocenters. The van der Waals surface area contributed by atoms with Gasteiger partial charge in [0.05, 0.1) is 5.56 Å². The molecular formula is C19H23F2N5O. The van der Waals surface area contributed by atoms with Gasteiger partial charge in [-0.3, -0.25) is 4.79 Å². The Balaban J connectivity index is 1.52. The van der Waals surface area contributed by atoms with Crippen molar-refractivity contribution in [1.29, 1.82) is 0 Å². The van der Waals surface area contributed by atoms with Crippen LogP contribution in [0, 0.1) is 18.6 Å². The maximum absolute atomic E-state index is 13.6. The molecule has 2 heterocycles. The summed E-state index contributed by atoms with van der Waals surface area (Å²) in [6.45, 7) is 4.55. The van der Waals surface area contributed by atoms with Crippen molar-refractivity contribution in [2.45, 2.75) is 26.2 Å². The molecule has 1 aliphatic heterocycles. The van der Waals surface area contributed by atoms with E-state index < -0.39 is 17.5 Å².